The maximum Gasteiger partial charge on any atom is 0.293 e. The van der Waals surface area contributed by atoms with Gasteiger partial charge in [0.1, 0.15) is 12.4 Å². The Hall–Kier alpha value is -3.95. The zero-order chi connectivity index (χ0) is 27.8. The van der Waals surface area contributed by atoms with Crippen molar-refractivity contribution in [1.82, 2.24) is 4.90 Å². The van der Waals surface area contributed by atoms with Crippen LogP contribution in [0.1, 0.15) is 18.1 Å². The lowest BCUT2D eigenvalue weighted by Gasteiger charge is -2.13. The van der Waals surface area contributed by atoms with E-state index in [1.807, 2.05) is 38.1 Å². The number of nitrogens with zero attached hydrogens (tertiary/aromatic N) is 1. The fourth-order valence-electron chi connectivity index (χ4n) is 3.61. The summed E-state index contributed by atoms with van der Waals surface area (Å²) >= 11 is 6.74. The number of hydrogen-bond donors (Lipinski definition) is 1. The first-order chi connectivity index (χ1) is 18.8. The highest BCUT2D eigenvalue weighted by molar-refractivity contribution is 8.18. The van der Waals surface area contributed by atoms with Crippen molar-refractivity contribution >= 4 is 52.2 Å². The van der Waals surface area contributed by atoms with Gasteiger partial charge in [-0.3, -0.25) is 19.3 Å². The van der Waals surface area contributed by atoms with Gasteiger partial charge in [-0.15, -0.1) is 0 Å². The number of halogens is 1. The Kier molecular flexibility index (Phi) is 9.51. The van der Waals surface area contributed by atoms with Crippen molar-refractivity contribution in [2.24, 2.45) is 0 Å². The number of anilines is 1. The molecule has 3 aromatic rings. The van der Waals surface area contributed by atoms with Crippen LogP contribution in [0.25, 0.3) is 6.08 Å². The van der Waals surface area contributed by atoms with Crippen molar-refractivity contribution in [1.29, 1.82) is 0 Å². The van der Waals surface area contributed by atoms with Gasteiger partial charge in [0.25, 0.3) is 17.1 Å². The van der Waals surface area contributed by atoms with Crippen LogP contribution < -0.4 is 19.5 Å². The van der Waals surface area contributed by atoms with Gasteiger partial charge in [0.05, 0.1) is 18.1 Å². The first kappa shape index (κ1) is 28.1. The fourth-order valence-corrected chi connectivity index (χ4v) is 4.60. The summed E-state index contributed by atoms with van der Waals surface area (Å²) in [5, 5.41) is 3.01. The Morgan fingerprint density at radius 2 is 1.72 bits per heavy atom. The third-order valence-corrected chi connectivity index (χ3v) is 6.69. The number of imide groups is 1. The van der Waals surface area contributed by atoms with Gasteiger partial charge in [-0.25, -0.2) is 0 Å². The molecule has 0 spiro atoms. The second kappa shape index (κ2) is 13.2. The maximum atomic E-state index is 12.9. The zero-order valence-corrected chi connectivity index (χ0v) is 23.0. The lowest BCUT2D eigenvalue weighted by atomic mass is 10.2. The molecule has 0 aromatic heterocycles. The number of carbonyl (C=O) groups excluding carboxylic acids is 3. The number of thioether (sulfide) groups is 1. The molecular formula is C29H27ClN2O6S. The van der Waals surface area contributed by atoms with Gasteiger partial charge in [0, 0.05) is 10.7 Å². The molecule has 0 saturated carbocycles. The Labute approximate surface area is 235 Å². The van der Waals surface area contributed by atoms with E-state index in [0.717, 1.165) is 22.2 Å². The predicted molar refractivity (Wildman–Crippen MR) is 153 cm³/mol. The van der Waals surface area contributed by atoms with Gasteiger partial charge < -0.3 is 19.5 Å². The Bertz CT molecular complexity index is 1380. The molecule has 10 heteroatoms. The van der Waals surface area contributed by atoms with E-state index in [1.54, 1.807) is 48.5 Å². The lowest BCUT2D eigenvalue weighted by molar-refractivity contribution is -0.123. The summed E-state index contributed by atoms with van der Waals surface area (Å²) in [4.78, 5) is 39.1. The molecule has 3 aromatic carbocycles. The summed E-state index contributed by atoms with van der Waals surface area (Å²) in [7, 11) is 0. The normalized spacial score (nSPS) is 14.0. The van der Waals surface area contributed by atoms with Gasteiger partial charge in [-0.05, 0) is 85.8 Å². The van der Waals surface area contributed by atoms with Crippen LogP contribution >= 0.6 is 23.4 Å². The highest BCUT2D eigenvalue weighted by atomic mass is 35.5. The number of aryl methyl sites for hydroxylation is 1. The molecule has 3 amide bonds. The number of amides is 3. The minimum absolute atomic E-state index is 0.117. The Morgan fingerprint density at radius 1 is 0.974 bits per heavy atom. The molecule has 0 aliphatic carbocycles. The monoisotopic (exact) mass is 566 g/mol. The van der Waals surface area contributed by atoms with Crippen molar-refractivity contribution in [3.63, 3.8) is 0 Å². The maximum absolute atomic E-state index is 12.9. The van der Waals surface area contributed by atoms with Crippen molar-refractivity contribution < 1.29 is 28.6 Å². The molecule has 0 atom stereocenters. The Balaban J connectivity index is 1.37. The van der Waals surface area contributed by atoms with E-state index >= 15 is 0 Å². The van der Waals surface area contributed by atoms with Gasteiger partial charge in [-0.2, -0.15) is 0 Å². The second-order valence-corrected chi connectivity index (χ2v) is 9.91. The molecule has 1 N–H and O–H groups in total. The predicted octanol–water partition coefficient (Wildman–Crippen LogP) is 6.18. The summed E-state index contributed by atoms with van der Waals surface area (Å²) in [5.74, 6) is 0.709. The molecule has 39 heavy (non-hydrogen) atoms. The number of nitrogens with one attached hydrogen (secondary N) is 1. The molecule has 1 aliphatic rings. The van der Waals surface area contributed by atoms with Crippen molar-refractivity contribution in [3.05, 3.63) is 87.8 Å². The Morgan fingerprint density at radius 3 is 2.44 bits per heavy atom. The van der Waals surface area contributed by atoms with E-state index in [1.165, 1.54) is 0 Å². The summed E-state index contributed by atoms with van der Waals surface area (Å²) in [6.45, 7) is 4.25. The third kappa shape index (κ3) is 7.78. The summed E-state index contributed by atoms with van der Waals surface area (Å²) in [6.07, 6.45) is 1.63. The van der Waals surface area contributed by atoms with E-state index < -0.39 is 5.91 Å². The summed E-state index contributed by atoms with van der Waals surface area (Å²) in [5.41, 5.74) is 2.43. The van der Waals surface area contributed by atoms with E-state index in [4.69, 9.17) is 25.8 Å². The van der Waals surface area contributed by atoms with Crippen molar-refractivity contribution in [3.8, 4) is 17.2 Å². The molecule has 1 saturated heterocycles. The van der Waals surface area contributed by atoms with E-state index in [9.17, 15) is 14.4 Å². The molecule has 4 rings (SSSR count). The second-order valence-electron chi connectivity index (χ2n) is 8.48. The third-order valence-electron chi connectivity index (χ3n) is 5.53. The van der Waals surface area contributed by atoms with E-state index in [-0.39, 0.29) is 30.9 Å². The first-order valence-corrected chi connectivity index (χ1v) is 13.4. The summed E-state index contributed by atoms with van der Waals surface area (Å²) < 4.78 is 17.0. The highest BCUT2D eigenvalue weighted by Crippen LogP contribution is 2.34. The number of ether oxygens (including phenoxy) is 3. The topological polar surface area (TPSA) is 94.2 Å². The number of carbonyl (C=O) groups is 3. The molecule has 8 nitrogen and oxygen atoms in total. The van der Waals surface area contributed by atoms with E-state index in [0.29, 0.717) is 45.0 Å². The van der Waals surface area contributed by atoms with Crippen LogP contribution in [-0.4, -0.2) is 48.3 Å². The van der Waals surface area contributed by atoms with Crippen LogP contribution in [0.5, 0.6) is 17.2 Å². The van der Waals surface area contributed by atoms with Gasteiger partial charge >= 0.3 is 0 Å². The molecule has 0 bridgehead atoms. The number of rotatable bonds is 11. The van der Waals surface area contributed by atoms with Crippen LogP contribution in [0.15, 0.2) is 71.6 Å². The minimum atomic E-state index is -0.393. The number of hydrogen-bond acceptors (Lipinski definition) is 7. The smallest absolute Gasteiger partial charge is 0.293 e. The quantitative estimate of drug-likeness (QED) is 0.277. The molecule has 1 heterocycles. The van der Waals surface area contributed by atoms with Crippen LogP contribution in [0.4, 0.5) is 10.5 Å². The summed E-state index contributed by atoms with van der Waals surface area (Å²) in [6, 6.07) is 19.4. The zero-order valence-electron chi connectivity index (χ0n) is 21.4. The van der Waals surface area contributed by atoms with Crippen LogP contribution in [-0.2, 0) is 9.59 Å². The van der Waals surface area contributed by atoms with Crippen molar-refractivity contribution in [2.45, 2.75) is 13.8 Å². The SMILES string of the molecule is CCOc1cc(/C=C2\SC(=O)N(CCOc3ccc(Cl)cc3)C2=O)ccc1OCC(=O)Nc1ccc(C)cc1. The van der Waals surface area contributed by atoms with Gasteiger partial charge in [0.15, 0.2) is 18.1 Å². The standard InChI is InChI=1S/C29H27ClN2O6S/c1-3-36-25-16-20(6-13-24(25)38-18-27(33)31-22-9-4-19(2)5-10-22)17-26-28(34)32(29(35)39-26)14-15-37-23-11-7-21(30)8-12-23/h4-13,16-17H,3,14-15,18H2,1-2H3,(H,31,33)/b26-17-. The largest absolute Gasteiger partial charge is 0.492 e. The average molecular weight is 567 g/mol. The van der Waals surface area contributed by atoms with E-state index in [2.05, 4.69) is 5.32 Å². The average Bonchev–Trinajstić information content (AvgIpc) is 3.18. The van der Waals surface area contributed by atoms with Crippen LogP contribution in [0, 0.1) is 6.92 Å². The molecule has 0 unspecified atom stereocenters. The molecule has 202 valence electrons. The van der Waals surface area contributed by atoms with Gasteiger partial charge in [-0.1, -0.05) is 35.4 Å². The van der Waals surface area contributed by atoms with Crippen LogP contribution in [0.3, 0.4) is 0 Å². The highest BCUT2D eigenvalue weighted by Gasteiger charge is 2.34. The lowest BCUT2D eigenvalue weighted by Crippen LogP contribution is -2.32. The first-order valence-electron chi connectivity index (χ1n) is 12.2. The van der Waals surface area contributed by atoms with Crippen molar-refractivity contribution in [2.75, 3.05) is 31.7 Å². The number of benzene rings is 3. The molecule has 1 fully saturated rings. The minimum Gasteiger partial charge on any atom is -0.492 e. The van der Waals surface area contributed by atoms with Crippen LogP contribution in [0.2, 0.25) is 5.02 Å². The molecule has 1 aliphatic heterocycles. The van der Waals surface area contributed by atoms with Gasteiger partial charge in [0.2, 0.25) is 0 Å². The molecular weight excluding hydrogens is 540 g/mol. The fraction of sp³-hybridized carbons (Fsp3) is 0.207. The molecule has 0 radical (unpaired) electrons.